The van der Waals surface area contributed by atoms with Gasteiger partial charge in [0.1, 0.15) is 12.4 Å². The second kappa shape index (κ2) is 8.42. The van der Waals surface area contributed by atoms with Gasteiger partial charge in [0.2, 0.25) is 0 Å². The van der Waals surface area contributed by atoms with Crippen molar-refractivity contribution in [2.24, 2.45) is 4.99 Å². The summed E-state index contributed by atoms with van der Waals surface area (Å²) in [6, 6.07) is 26.9. The van der Waals surface area contributed by atoms with Crippen molar-refractivity contribution >= 4 is 25.4 Å². The first-order valence-electron chi connectivity index (χ1n) is 7.91. The normalized spacial score (nSPS) is 11.4. The molecule has 1 unspecified atom stereocenters. The molecule has 0 bridgehead atoms. The molecule has 0 heterocycles. The molecule has 0 aliphatic rings. The summed E-state index contributed by atoms with van der Waals surface area (Å²) in [4.78, 5) is 4.15. The molecular weight excluding hydrogens is 313 g/mol. The molecule has 0 saturated carbocycles. The Morgan fingerprint density at radius 1 is 0.833 bits per heavy atom. The maximum atomic E-state index is 6.07. The predicted octanol–water partition coefficient (Wildman–Crippen LogP) is 3.94. The number of hydrogen-bond acceptors (Lipinski definition) is 2. The number of benzene rings is 3. The van der Waals surface area contributed by atoms with Gasteiger partial charge in [0, 0.05) is 18.6 Å². The lowest BCUT2D eigenvalue weighted by atomic mass is 10.2. The third-order valence-corrected chi connectivity index (χ3v) is 5.03. The Hall–Kier alpha value is -2.44. The van der Waals surface area contributed by atoms with E-state index in [1.54, 1.807) is 7.05 Å². The summed E-state index contributed by atoms with van der Waals surface area (Å²) in [5.74, 6) is 0.947. The zero-order chi connectivity index (χ0) is 16.6. The number of nitrogens with zero attached hydrogens (tertiary/aromatic N) is 1. The SMILES string of the molecule is CN=Cc1ccccc1Pc1ccccc1OCc1ccccc1. The summed E-state index contributed by atoms with van der Waals surface area (Å²) in [7, 11) is 2.34. The number of rotatable bonds is 6. The van der Waals surface area contributed by atoms with E-state index in [-0.39, 0.29) is 0 Å². The molecule has 0 radical (unpaired) electrons. The van der Waals surface area contributed by atoms with Gasteiger partial charge >= 0.3 is 0 Å². The third-order valence-electron chi connectivity index (χ3n) is 3.62. The van der Waals surface area contributed by atoms with Crippen LogP contribution in [0.25, 0.3) is 0 Å². The maximum Gasteiger partial charge on any atom is 0.127 e. The van der Waals surface area contributed by atoms with E-state index in [1.165, 1.54) is 16.2 Å². The Bertz CT molecular complexity index is 815. The van der Waals surface area contributed by atoms with Gasteiger partial charge in [0.15, 0.2) is 0 Å². The first-order valence-corrected chi connectivity index (χ1v) is 8.91. The van der Waals surface area contributed by atoms with E-state index in [4.69, 9.17) is 4.74 Å². The van der Waals surface area contributed by atoms with Crippen molar-refractivity contribution in [3.8, 4) is 5.75 Å². The molecule has 0 saturated heterocycles. The van der Waals surface area contributed by atoms with Crippen LogP contribution in [0.2, 0.25) is 0 Å². The second-order valence-electron chi connectivity index (χ2n) is 5.37. The summed E-state index contributed by atoms with van der Waals surface area (Å²) in [6.07, 6.45) is 1.91. The molecule has 3 aromatic carbocycles. The second-order valence-corrected chi connectivity index (χ2v) is 6.70. The quantitative estimate of drug-likeness (QED) is 0.494. The van der Waals surface area contributed by atoms with Gasteiger partial charge in [-0.3, -0.25) is 4.99 Å². The van der Waals surface area contributed by atoms with Crippen LogP contribution in [-0.2, 0) is 6.61 Å². The number of hydrogen-bond donors (Lipinski definition) is 0. The molecule has 0 amide bonds. The van der Waals surface area contributed by atoms with Crippen molar-refractivity contribution < 1.29 is 4.74 Å². The number of aliphatic imine (C=N–C) groups is 1. The van der Waals surface area contributed by atoms with Crippen LogP contribution in [0.1, 0.15) is 11.1 Å². The lowest BCUT2D eigenvalue weighted by molar-refractivity contribution is 0.309. The van der Waals surface area contributed by atoms with Crippen LogP contribution in [0.5, 0.6) is 5.75 Å². The number of para-hydroxylation sites is 1. The molecule has 24 heavy (non-hydrogen) atoms. The van der Waals surface area contributed by atoms with Crippen molar-refractivity contribution in [1.29, 1.82) is 0 Å². The molecule has 0 aliphatic carbocycles. The minimum atomic E-state index is 0.535. The highest BCUT2D eigenvalue weighted by Gasteiger charge is 2.07. The van der Waals surface area contributed by atoms with Crippen LogP contribution in [0, 0.1) is 0 Å². The van der Waals surface area contributed by atoms with Crippen LogP contribution >= 0.6 is 8.58 Å². The first kappa shape index (κ1) is 16.4. The van der Waals surface area contributed by atoms with Crippen LogP contribution < -0.4 is 15.3 Å². The van der Waals surface area contributed by atoms with Crippen LogP contribution in [0.3, 0.4) is 0 Å². The molecule has 0 aliphatic heterocycles. The molecular formula is C21H20NOP. The van der Waals surface area contributed by atoms with Gasteiger partial charge in [-0.1, -0.05) is 81.4 Å². The molecule has 0 fully saturated rings. The summed E-state index contributed by atoms with van der Waals surface area (Å²) in [6.45, 7) is 0.584. The summed E-state index contributed by atoms with van der Waals surface area (Å²) >= 11 is 0. The summed E-state index contributed by atoms with van der Waals surface area (Å²) in [5, 5.41) is 2.49. The monoisotopic (exact) mass is 333 g/mol. The summed E-state index contributed by atoms with van der Waals surface area (Å²) in [5.41, 5.74) is 2.34. The van der Waals surface area contributed by atoms with Gasteiger partial charge in [-0.15, -0.1) is 0 Å². The minimum Gasteiger partial charge on any atom is -0.488 e. The molecule has 1 atom stereocenters. The highest BCUT2D eigenvalue weighted by atomic mass is 31.1. The van der Waals surface area contributed by atoms with Crippen molar-refractivity contribution in [2.75, 3.05) is 7.05 Å². The zero-order valence-corrected chi connectivity index (χ0v) is 14.6. The molecule has 3 aromatic rings. The van der Waals surface area contributed by atoms with Crippen molar-refractivity contribution in [3.63, 3.8) is 0 Å². The smallest absolute Gasteiger partial charge is 0.127 e. The van der Waals surface area contributed by atoms with Crippen molar-refractivity contribution in [2.45, 2.75) is 6.61 Å². The zero-order valence-electron chi connectivity index (χ0n) is 13.6. The fourth-order valence-corrected chi connectivity index (χ4v) is 3.66. The largest absolute Gasteiger partial charge is 0.488 e. The van der Waals surface area contributed by atoms with Gasteiger partial charge in [-0.2, -0.15) is 0 Å². The maximum absolute atomic E-state index is 6.07. The third kappa shape index (κ3) is 4.31. The van der Waals surface area contributed by atoms with Crippen LogP contribution in [-0.4, -0.2) is 13.3 Å². The lowest BCUT2D eigenvalue weighted by Crippen LogP contribution is -2.11. The molecule has 120 valence electrons. The molecule has 0 N–H and O–H groups in total. The van der Waals surface area contributed by atoms with Crippen molar-refractivity contribution in [3.05, 3.63) is 90.0 Å². The van der Waals surface area contributed by atoms with E-state index in [9.17, 15) is 0 Å². The minimum absolute atomic E-state index is 0.535. The van der Waals surface area contributed by atoms with Crippen LogP contribution in [0.4, 0.5) is 0 Å². The fourth-order valence-electron chi connectivity index (χ4n) is 2.44. The Morgan fingerprint density at radius 3 is 2.29 bits per heavy atom. The topological polar surface area (TPSA) is 21.6 Å². The average Bonchev–Trinajstić information content (AvgIpc) is 2.64. The standard InChI is InChI=1S/C21H20NOP/c1-22-15-18-11-5-7-13-20(18)24-21-14-8-6-12-19(21)23-16-17-9-3-2-4-10-17/h2-15,24H,16H2,1H3. The number of ether oxygens (including phenoxy) is 1. The Balaban J connectivity index is 1.80. The molecule has 0 aromatic heterocycles. The van der Waals surface area contributed by atoms with E-state index in [0.717, 1.165) is 11.3 Å². The highest BCUT2D eigenvalue weighted by molar-refractivity contribution is 7.56. The van der Waals surface area contributed by atoms with E-state index in [2.05, 4.69) is 47.5 Å². The summed E-state index contributed by atoms with van der Waals surface area (Å²) < 4.78 is 6.07. The van der Waals surface area contributed by atoms with E-state index in [1.807, 2.05) is 42.6 Å². The fraction of sp³-hybridized carbons (Fsp3) is 0.0952. The van der Waals surface area contributed by atoms with Crippen LogP contribution in [0.15, 0.2) is 83.9 Å². The predicted molar refractivity (Wildman–Crippen MR) is 105 cm³/mol. The molecule has 0 spiro atoms. The molecule has 2 nitrogen and oxygen atoms in total. The average molecular weight is 333 g/mol. The molecule has 3 rings (SSSR count). The Kier molecular flexibility index (Phi) is 5.76. The van der Waals surface area contributed by atoms with Gasteiger partial charge in [-0.25, -0.2) is 0 Å². The van der Waals surface area contributed by atoms with Gasteiger partial charge < -0.3 is 4.74 Å². The Labute approximate surface area is 145 Å². The van der Waals surface area contributed by atoms with Gasteiger partial charge in [-0.05, 0) is 22.5 Å². The van der Waals surface area contributed by atoms with E-state index < -0.39 is 0 Å². The van der Waals surface area contributed by atoms with Gasteiger partial charge in [0.25, 0.3) is 0 Å². The van der Waals surface area contributed by atoms with E-state index in [0.29, 0.717) is 15.2 Å². The highest BCUT2D eigenvalue weighted by Crippen LogP contribution is 2.21. The first-order chi connectivity index (χ1) is 11.9. The molecule has 3 heteroatoms. The van der Waals surface area contributed by atoms with E-state index >= 15 is 0 Å². The lowest BCUT2D eigenvalue weighted by Gasteiger charge is -2.13. The Morgan fingerprint density at radius 2 is 1.50 bits per heavy atom. The van der Waals surface area contributed by atoms with Crippen molar-refractivity contribution in [1.82, 2.24) is 0 Å². The van der Waals surface area contributed by atoms with Gasteiger partial charge in [0.05, 0.1) is 0 Å².